The van der Waals surface area contributed by atoms with Gasteiger partial charge in [0.05, 0.1) is 18.3 Å². The first-order valence-electron chi connectivity index (χ1n) is 13.5. The first-order chi connectivity index (χ1) is 17.1. The van der Waals surface area contributed by atoms with Crippen molar-refractivity contribution in [2.75, 3.05) is 26.2 Å². The van der Waals surface area contributed by atoms with Crippen molar-refractivity contribution in [2.24, 2.45) is 35.1 Å². The summed E-state index contributed by atoms with van der Waals surface area (Å²) >= 11 is 0. The second kappa shape index (κ2) is 21.3. The van der Waals surface area contributed by atoms with Gasteiger partial charge in [0.25, 0.3) is 5.91 Å². The Labute approximate surface area is 242 Å². The molecule has 1 rings (SSSR count). The summed E-state index contributed by atoms with van der Waals surface area (Å²) in [6.45, 7) is 12.3. The maximum absolute atomic E-state index is 12.9. The van der Waals surface area contributed by atoms with Crippen molar-refractivity contribution in [2.45, 2.75) is 78.9 Å². The Bertz CT molecular complexity index is 783. The Balaban J connectivity index is 0. The number of para-hydroxylation sites is 1. The van der Waals surface area contributed by atoms with Gasteiger partial charge < -0.3 is 31.9 Å². The number of benzene rings is 1. The van der Waals surface area contributed by atoms with E-state index in [9.17, 15) is 14.7 Å². The number of hydrogen-bond donors (Lipinski definition) is 5. The zero-order chi connectivity index (χ0) is 27.1. The van der Waals surface area contributed by atoms with Gasteiger partial charge in [-0.15, -0.1) is 24.8 Å². The third-order valence-electron chi connectivity index (χ3n) is 6.74. The summed E-state index contributed by atoms with van der Waals surface area (Å²) in [7, 11) is 0. The van der Waals surface area contributed by atoms with Crippen LogP contribution in [0.2, 0.25) is 0 Å². The van der Waals surface area contributed by atoms with Crippen LogP contribution in [0.15, 0.2) is 24.3 Å². The lowest BCUT2D eigenvalue weighted by atomic mass is 9.83. The smallest absolute Gasteiger partial charge is 0.255 e. The standard InChI is InChI=1S/C28H50N4O4.2ClH/c1-6-7-14-31-28(35)23(20(4)5)17-25(33)24(30)16-21(19(2)3)18-32-27(34)22-11-8-9-12-26(22)36-15-10-13-29;;/h8-9,11-12,19-21,23-25,33H,6-7,10,13-18,29-30H2,1-5H3,(H,31,35)(H,32,34);2*1H. The Morgan fingerprint density at radius 1 is 1.00 bits per heavy atom. The van der Waals surface area contributed by atoms with Crippen LogP contribution in [0.3, 0.4) is 0 Å². The molecule has 0 aliphatic heterocycles. The average Bonchev–Trinajstić information content (AvgIpc) is 2.84. The lowest BCUT2D eigenvalue weighted by Crippen LogP contribution is -2.44. The van der Waals surface area contributed by atoms with Crippen LogP contribution in [0.25, 0.3) is 0 Å². The van der Waals surface area contributed by atoms with Crippen molar-refractivity contribution >= 4 is 36.6 Å². The van der Waals surface area contributed by atoms with Crippen molar-refractivity contribution in [1.29, 1.82) is 0 Å². The van der Waals surface area contributed by atoms with Crippen LogP contribution < -0.4 is 26.8 Å². The highest BCUT2D eigenvalue weighted by Gasteiger charge is 2.29. The van der Waals surface area contributed by atoms with E-state index in [1.165, 1.54) is 0 Å². The maximum atomic E-state index is 12.9. The molecule has 0 heterocycles. The minimum atomic E-state index is -0.803. The van der Waals surface area contributed by atoms with Crippen LogP contribution in [-0.2, 0) is 4.79 Å². The van der Waals surface area contributed by atoms with Gasteiger partial charge in [-0.25, -0.2) is 0 Å². The first kappa shape index (κ1) is 38.6. The van der Waals surface area contributed by atoms with Gasteiger partial charge in [-0.05, 0) is 62.1 Å². The lowest BCUT2D eigenvalue weighted by Gasteiger charge is -2.30. The van der Waals surface area contributed by atoms with Crippen LogP contribution in [-0.4, -0.2) is 55.3 Å². The van der Waals surface area contributed by atoms with Gasteiger partial charge in [0.1, 0.15) is 5.75 Å². The predicted molar refractivity (Wildman–Crippen MR) is 160 cm³/mol. The SMILES string of the molecule is CCCCNC(=O)C(CC(O)C(N)CC(CNC(=O)c1ccccc1OCCCN)C(C)C)C(C)C.Cl.Cl. The number of ether oxygens (including phenoxy) is 1. The highest BCUT2D eigenvalue weighted by molar-refractivity contribution is 5.96. The summed E-state index contributed by atoms with van der Waals surface area (Å²) in [5.41, 5.74) is 12.4. The second-order valence-electron chi connectivity index (χ2n) is 10.4. The minimum Gasteiger partial charge on any atom is -0.493 e. The van der Waals surface area contributed by atoms with Gasteiger partial charge in [0.2, 0.25) is 5.91 Å². The number of carbonyl (C=O) groups excluding carboxylic acids is 2. The second-order valence-corrected chi connectivity index (χ2v) is 10.4. The molecule has 10 heteroatoms. The summed E-state index contributed by atoms with van der Waals surface area (Å²) in [6.07, 6.45) is 2.72. The quantitative estimate of drug-likeness (QED) is 0.167. The fraction of sp³-hybridized carbons (Fsp3) is 0.714. The van der Waals surface area contributed by atoms with Gasteiger partial charge >= 0.3 is 0 Å². The lowest BCUT2D eigenvalue weighted by molar-refractivity contribution is -0.127. The normalized spacial score (nSPS) is 14.1. The molecule has 8 nitrogen and oxygen atoms in total. The molecular formula is C28H52Cl2N4O4. The van der Waals surface area contributed by atoms with Gasteiger partial charge in [-0.1, -0.05) is 53.2 Å². The molecule has 1 aromatic rings. The van der Waals surface area contributed by atoms with Crippen molar-refractivity contribution in [3.05, 3.63) is 29.8 Å². The fourth-order valence-electron chi connectivity index (χ4n) is 4.10. The van der Waals surface area contributed by atoms with Crippen LogP contribution in [0.1, 0.15) is 77.1 Å². The molecule has 0 radical (unpaired) electrons. The number of nitrogens with two attached hydrogens (primary N) is 2. The molecule has 0 saturated carbocycles. The molecule has 0 fully saturated rings. The number of nitrogens with one attached hydrogen (secondary N) is 2. The van der Waals surface area contributed by atoms with Gasteiger partial charge in [-0.3, -0.25) is 9.59 Å². The molecule has 1 aromatic carbocycles. The van der Waals surface area contributed by atoms with E-state index in [1.807, 2.05) is 19.9 Å². The number of aliphatic hydroxyl groups is 1. The molecule has 0 aliphatic carbocycles. The fourth-order valence-corrected chi connectivity index (χ4v) is 4.10. The Morgan fingerprint density at radius 2 is 1.66 bits per heavy atom. The van der Waals surface area contributed by atoms with E-state index < -0.39 is 12.1 Å². The molecule has 0 bridgehead atoms. The number of aliphatic hydroxyl groups excluding tert-OH is 1. The Kier molecular flexibility index (Phi) is 21.6. The summed E-state index contributed by atoms with van der Waals surface area (Å²) in [5.74, 6) is 0.425. The van der Waals surface area contributed by atoms with E-state index in [2.05, 4.69) is 31.4 Å². The summed E-state index contributed by atoms with van der Waals surface area (Å²) in [5, 5.41) is 16.9. The Morgan fingerprint density at radius 3 is 2.24 bits per heavy atom. The van der Waals surface area contributed by atoms with E-state index in [1.54, 1.807) is 18.2 Å². The molecule has 2 amide bonds. The van der Waals surface area contributed by atoms with E-state index in [-0.39, 0.29) is 60.3 Å². The molecule has 0 saturated heterocycles. The zero-order valence-electron chi connectivity index (χ0n) is 23.8. The van der Waals surface area contributed by atoms with E-state index in [0.29, 0.717) is 56.8 Å². The predicted octanol–water partition coefficient (Wildman–Crippen LogP) is 3.92. The van der Waals surface area contributed by atoms with Crippen LogP contribution in [0, 0.1) is 23.7 Å². The van der Waals surface area contributed by atoms with Gasteiger partial charge in [0.15, 0.2) is 0 Å². The summed E-state index contributed by atoms with van der Waals surface area (Å²) < 4.78 is 5.73. The molecule has 0 aromatic heterocycles. The maximum Gasteiger partial charge on any atom is 0.255 e. The van der Waals surface area contributed by atoms with Gasteiger partial charge in [-0.2, -0.15) is 0 Å². The van der Waals surface area contributed by atoms with Crippen molar-refractivity contribution in [3.63, 3.8) is 0 Å². The van der Waals surface area contributed by atoms with E-state index in [0.717, 1.165) is 12.8 Å². The number of carbonyl (C=O) groups is 2. The van der Waals surface area contributed by atoms with Crippen molar-refractivity contribution in [3.8, 4) is 5.75 Å². The summed E-state index contributed by atoms with van der Waals surface area (Å²) in [4.78, 5) is 25.6. The monoisotopic (exact) mass is 578 g/mol. The molecule has 7 N–H and O–H groups in total. The molecule has 0 spiro atoms. The highest BCUT2D eigenvalue weighted by Crippen LogP contribution is 2.24. The number of amides is 2. The topological polar surface area (TPSA) is 140 Å². The third kappa shape index (κ3) is 14.0. The molecule has 222 valence electrons. The molecule has 0 aliphatic rings. The minimum absolute atomic E-state index is 0. The Hall–Kier alpha value is -1.58. The van der Waals surface area contributed by atoms with Crippen LogP contribution >= 0.6 is 24.8 Å². The zero-order valence-corrected chi connectivity index (χ0v) is 25.4. The number of hydrogen-bond acceptors (Lipinski definition) is 6. The average molecular weight is 580 g/mol. The van der Waals surface area contributed by atoms with Gasteiger partial charge in [0, 0.05) is 25.0 Å². The number of unbranched alkanes of at least 4 members (excludes halogenated alkanes) is 1. The molecule has 4 atom stereocenters. The number of halogens is 2. The molecular weight excluding hydrogens is 527 g/mol. The highest BCUT2D eigenvalue weighted by atomic mass is 35.5. The molecule has 4 unspecified atom stereocenters. The van der Waals surface area contributed by atoms with Crippen LogP contribution in [0.5, 0.6) is 5.75 Å². The molecule has 38 heavy (non-hydrogen) atoms. The van der Waals surface area contributed by atoms with Crippen molar-refractivity contribution < 1.29 is 19.4 Å². The van der Waals surface area contributed by atoms with Crippen molar-refractivity contribution in [1.82, 2.24) is 10.6 Å². The van der Waals surface area contributed by atoms with E-state index >= 15 is 0 Å². The largest absolute Gasteiger partial charge is 0.493 e. The first-order valence-corrected chi connectivity index (χ1v) is 13.5. The summed E-state index contributed by atoms with van der Waals surface area (Å²) in [6, 6.07) is 6.66. The van der Waals surface area contributed by atoms with E-state index in [4.69, 9.17) is 16.2 Å². The third-order valence-corrected chi connectivity index (χ3v) is 6.74. The van der Waals surface area contributed by atoms with Crippen LogP contribution in [0.4, 0.5) is 0 Å². The number of rotatable bonds is 18.